The number of hydrogen-bond donors (Lipinski definition) is 1. The maximum atomic E-state index is 4.26. The summed E-state index contributed by atoms with van der Waals surface area (Å²) < 4.78 is 0. The molecule has 0 amide bonds. The van der Waals surface area contributed by atoms with Crippen molar-refractivity contribution in [3.8, 4) is 0 Å². The number of hydrogen-bond acceptors (Lipinski definition) is 4. The van der Waals surface area contributed by atoms with E-state index in [4.69, 9.17) is 0 Å². The van der Waals surface area contributed by atoms with Gasteiger partial charge in [0.1, 0.15) is 0 Å². The van der Waals surface area contributed by atoms with E-state index in [1.54, 1.807) is 11.3 Å². The highest BCUT2D eigenvalue weighted by atomic mass is 32.2. The molecule has 2 unspecified atom stereocenters. The van der Waals surface area contributed by atoms with Crippen molar-refractivity contribution in [2.24, 2.45) is 0 Å². The molecule has 1 rings (SSSR count). The first-order chi connectivity index (χ1) is 6.65. The molecule has 1 aromatic rings. The van der Waals surface area contributed by atoms with Crippen molar-refractivity contribution < 1.29 is 0 Å². The molecule has 0 aromatic carbocycles. The van der Waals surface area contributed by atoms with Gasteiger partial charge in [0.25, 0.3) is 0 Å². The summed E-state index contributed by atoms with van der Waals surface area (Å²) >= 11 is 3.62. The van der Waals surface area contributed by atoms with E-state index in [-0.39, 0.29) is 0 Å². The van der Waals surface area contributed by atoms with Crippen molar-refractivity contribution in [2.75, 3.05) is 12.0 Å². The molecule has 0 radical (unpaired) electrons. The van der Waals surface area contributed by atoms with Gasteiger partial charge in [-0.2, -0.15) is 11.8 Å². The Labute approximate surface area is 94.5 Å². The van der Waals surface area contributed by atoms with Crippen LogP contribution in [0.5, 0.6) is 0 Å². The highest BCUT2D eigenvalue weighted by Crippen LogP contribution is 2.21. The second kappa shape index (κ2) is 5.73. The van der Waals surface area contributed by atoms with Gasteiger partial charge >= 0.3 is 0 Å². The molecule has 1 heterocycles. The molecule has 80 valence electrons. The van der Waals surface area contributed by atoms with Gasteiger partial charge < -0.3 is 5.32 Å². The Morgan fingerprint density at radius 3 is 2.79 bits per heavy atom. The number of rotatable bonds is 5. The zero-order valence-corrected chi connectivity index (χ0v) is 10.8. The van der Waals surface area contributed by atoms with Crippen LogP contribution in [0.4, 0.5) is 0 Å². The quantitative estimate of drug-likeness (QED) is 0.842. The molecule has 2 nitrogen and oxygen atoms in total. The molecular weight excluding hydrogens is 212 g/mol. The van der Waals surface area contributed by atoms with E-state index in [9.17, 15) is 0 Å². The molecule has 0 bridgehead atoms. The maximum absolute atomic E-state index is 4.26. The number of nitrogens with one attached hydrogen (secondary N) is 1. The molecule has 0 saturated heterocycles. The summed E-state index contributed by atoms with van der Waals surface area (Å²) in [4.78, 5) is 5.62. The molecule has 1 aromatic heterocycles. The Kier molecular flexibility index (Phi) is 4.92. The van der Waals surface area contributed by atoms with Gasteiger partial charge in [-0.3, -0.25) is 0 Å². The van der Waals surface area contributed by atoms with Gasteiger partial charge in [0.15, 0.2) is 0 Å². The maximum Gasteiger partial charge on any atom is 0.0798 e. The fraction of sp³-hybridized carbons (Fsp3) is 0.700. The van der Waals surface area contributed by atoms with Crippen LogP contribution in [0.15, 0.2) is 5.51 Å². The van der Waals surface area contributed by atoms with Crippen molar-refractivity contribution in [3.63, 3.8) is 0 Å². The zero-order valence-electron chi connectivity index (χ0n) is 9.20. The average Bonchev–Trinajstić information content (AvgIpc) is 2.51. The van der Waals surface area contributed by atoms with Gasteiger partial charge in [-0.05, 0) is 27.0 Å². The SMILES string of the molecule is CSCC(C)NC(C)c1scnc1C. The minimum atomic E-state index is 0.421. The Bertz CT molecular complexity index is 273. The third-order valence-electron chi connectivity index (χ3n) is 2.13. The summed E-state index contributed by atoms with van der Waals surface area (Å²) in [5.41, 5.74) is 3.08. The monoisotopic (exact) mass is 230 g/mol. The van der Waals surface area contributed by atoms with E-state index >= 15 is 0 Å². The molecule has 0 aliphatic carbocycles. The third-order valence-corrected chi connectivity index (χ3v) is 4.07. The van der Waals surface area contributed by atoms with Crippen molar-refractivity contribution in [2.45, 2.75) is 32.9 Å². The lowest BCUT2D eigenvalue weighted by Crippen LogP contribution is -2.30. The van der Waals surface area contributed by atoms with Crippen LogP contribution < -0.4 is 5.32 Å². The van der Waals surface area contributed by atoms with Gasteiger partial charge in [0.2, 0.25) is 0 Å². The highest BCUT2D eigenvalue weighted by Gasteiger charge is 2.12. The Balaban J connectivity index is 2.50. The summed E-state index contributed by atoms with van der Waals surface area (Å²) in [5, 5.41) is 3.57. The van der Waals surface area contributed by atoms with E-state index in [1.807, 2.05) is 17.3 Å². The first-order valence-electron chi connectivity index (χ1n) is 4.80. The molecule has 4 heteroatoms. The number of aryl methyl sites for hydroxylation is 1. The number of thiazole rings is 1. The summed E-state index contributed by atoms with van der Waals surface area (Å²) in [6.45, 7) is 6.50. The van der Waals surface area contributed by atoms with Crippen LogP contribution in [0, 0.1) is 6.92 Å². The van der Waals surface area contributed by atoms with Crippen LogP contribution in [0.1, 0.15) is 30.5 Å². The normalized spacial score (nSPS) is 15.4. The van der Waals surface area contributed by atoms with Crippen molar-refractivity contribution >= 4 is 23.1 Å². The number of aromatic nitrogens is 1. The third kappa shape index (κ3) is 3.26. The molecule has 2 atom stereocenters. The fourth-order valence-corrected chi connectivity index (χ4v) is 2.94. The molecule has 1 N–H and O–H groups in total. The molecule has 0 fully saturated rings. The van der Waals surface area contributed by atoms with Crippen LogP contribution in [0.3, 0.4) is 0 Å². The summed E-state index contributed by atoms with van der Waals surface area (Å²) in [5.74, 6) is 1.15. The standard InChI is InChI=1S/C10H18N2S2/c1-7(5-13-4)12-9(3)10-8(2)11-6-14-10/h6-7,9,12H,5H2,1-4H3. The van der Waals surface area contributed by atoms with Crippen LogP contribution in [0.25, 0.3) is 0 Å². The number of thioether (sulfide) groups is 1. The van der Waals surface area contributed by atoms with Crippen LogP contribution in [-0.4, -0.2) is 23.0 Å². The predicted molar refractivity (Wildman–Crippen MR) is 66.2 cm³/mol. The van der Waals surface area contributed by atoms with E-state index in [1.165, 1.54) is 4.88 Å². The minimum Gasteiger partial charge on any atom is -0.306 e. The van der Waals surface area contributed by atoms with Gasteiger partial charge in [0.05, 0.1) is 11.2 Å². The first-order valence-corrected chi connectivity index (χ1v) is 7.07. The van der Waals surface area contributed by atoms with Gasteiger partial charge in [-0.1, -0.05) is 0 Å². The van der Waals surface area contributed by atoms with Crippen molar-refractivity contribution in [1.82, 2.24) is 10.3 Å². The van der Waals surface area contributed by atoms with Crippen LogP contribution >= 0.6 is 23.1 Å². The Hall–Kier alpha value is -0.0600. The summed E-state index contributed by atoms with van der Waals surface area (Å²) in [6, 6.07) is 0.978. The first kappa shape index (κ1) is 12.0. The molecule has 0 saturated carbocycles. The smallest absolute Gasteiger partial charge is 0.0798 e. The van der Waals surface area contributed by atoms with E-state index in [0.29, 0.717) is 12.1 Å². The number of nitrogens with zero attached hydrogens (tertiary/aromatic N) is 1. The second-order valence-electron chi connectivity index (χ2n) is 3.55. The highest BCUT2D eigenvalue weighted by molar-refractivity contribution is 7.98. The van der Waals surface area contributed by atoms with E-state index in [2.05, 4.69) is 37.3 Å². The lowest BCUT2D eigenvalue weighted by Gasteiger charge is -2.18. The van der Waals surface area contributed by atoms with Crippen LogP contribution in [0.2, 0.25) is 0 Å². The summed E-state index contributed by atoms with van der Waals surface area (Å²) in [7, 11) is 0. The summed E-state index contributed by atoms with van der Waals surface area (Å²) in [6.07, 6.45) is 2.14. The van der Waals surface area contributed by atoms with Crippen molar-refractivity contribution in [3.05, 3.63) is 16.1 Å². The van der Waals surface area contributed by atoms with E-state index in [0.717, 1.165) is 11.4 Å². The van der Waals surface area contributed by atoms with Gasteiger partial charge in [-0.25, -0.2) is 4.98 Å². The lowest BCUT2D eigenvalue weighted by molar-refractivity contribution is 0.515. The Morgan fingerprint density at radius 1 is 1.57 bits per heavy atom. The molecule has 0 aliphatic heterocycles. The van der Waals surface area contributed by atoms with Gasteiger partial charge in [-0.15, -0.1) is 11.3 Å². The molecule has 0 aliphatic rings. The van der Waals surface area contributed by atoms with Crippen molar-refractivity contribution in [1.29, 1.82) is 0 Å². The zero-order chi connectivity index (χ0) is 10.6. The topological polar surface area (TPSA) is 24.9 Å². The van der Waals surface area contributed by atoms with E-state index < -0.39 is 0 Å². The molecular formula is C10H18N2S2. The fourth-order valence-electron chi connectivity index (χ4n) is 1.53. The predicted octanol–water partition coefficient (Wildman–Crippen LogP) is 2.85. The van der Waals surface area contributed by atoms with Gasteiger partial charge in [0, 0.05) is 22.7 Å². The molecule has 14 heavy (non-hydrogen) atoms. The second-order valence-corrected chi connectivity index (χ2v) is 5.34. The average molecular weight is 230 g/mol. The largest absolute Gasteiger partial charge is 0.306 e. The Morgan fingerprint density at radius 2 is 2.29 bits per heavy atom. The van der Waals surface area contributed by atoms with Crippen LogP contribution in [-0.2, 0) is 0 Å². The lowest BCUT2D eigenvalue weighted by atomic mass is 10.2. The minimum absolute atomic E-state index is 0.421. The molecule has 0 spiro atoms.